The predicted octanol–water partition coefficient (Wildman–Crippen LogP) is 1.01. The zero-order chi connectivity index (χ0) is 15.5. The van der Waals surface area contributed by atoms with Crippen molar-refractivity contribution in [3.05, 3.63) is 0 Å². The van der Waals surface area contributed by atoms with E-state index >= 15 is 0 Å². The first-order valence-electron chi connectivity index (χ1n) is 7.36. The number of hydrogen-bond donors (Lipinski definition) is 2. The Kier molecular flexibility index (Phi) is 5.57. The number of nitrogens with one attached hydrogen (secondary N) is 1. The molecule has 5 heteroatoms. The second-order valence-corrected chi connectivity index (χ2v) is 6.85. The Morgan fingerprint density at radius 2 is 2.00 bits per heavy atom. The molecule has 0 bridgehead atoms. The van der Waals surface area contributed by atoms with Crippen LogP contribution in [0, 0.1) is 17.3 Å². The van der Waals surface area contributed by atoms with Crippen molar-refractivity contribution in [2.24, 2.45) is 17.3 Å². The van der Waals surface area contributed by atoms with Gasteiger partial charge in [0.15, 0.2) is 0 Å². The van der Waals surface area contributed by atoms with Crippen LogP contribution in [0.2, 0.25) is 0 Å². The first-order chi connectivity index (χ1) is 9.15. The van der Waals surface area contributed by atoms with E-state index < -0.39 is 6.10 Å². The number of rotatable bonds is 5. The number of carbonyl (C=O) groups excluding carboxylic acids is 2. The van der Waals surface area contributed by atoms with Crippen molar-refractivity contribution >= 4 is 11.8 Å². The summed E-state index contributed by atoms with van der Waals surface area (Å²) in [5, 5.41) is 13.1. The number of aliphatic hydroxyl groups excluding tert-OH is 1. The van der Waals surface area contributed by atoms with E-state index in [0.29, 0.717) is 19.6 Å². The summed E-state index contributed by atoms with van der Waals surface area (Å²) in [4.78, 5) is 25.1. The Morgan fingerprint density at radius 1 is 1.40 bits per heavy atom. The monoisotopic (exact) mass is 284 g/mol. The van der Waals surface area contributed by atoms with Crippen molar-refractivity contribution in [2.75, 3.05) is 19.6 Å². The lowest BCUT2D eigenvalue weighted by molar-refractivity contribution is -0.128. The van der Waals surface area contributed by atoms with Gasteiger partial charge < -0.3 is 15.3 Å². The molecule has 2 unspecified atom stereocenters. The van der Waals surface area contributed by atoms with Crippen LogP contribution in [0.25, 0.3) is 0 Å². The van der Waals surface area contributed by atoms with Gasteiger partial charge >= 0.3 is 0 Å². The molecule has 116 valence electrons. The van der Waals surface area contributed by atoms with E-state index in [-0.39, 0.29) is 29.1 Å². The molecule has 1 aliphatic rings. The van der Waals surface area contributed by atoms with Crippen LogP contribution in [-0.4, -0.2) is 47.6 Å². The van der Waals surface area contributed by atoms with Crippen LogP contribution in [0.1, 0.15) is 41.0 Å². The molecule has 1 fully saturated rings. The third kappa shape index (κ3) is 4.20. The maximum atomic E-state index is 12.1. The fourth-order valence-electron chi connectivity index (χ4n) is 2.73. The molecular weight excluding hydrogens is 256 g/mol. The fraction of sp³-hybridized carbons (Fsp3) is 0.867. The Bertz CT molecular complexity index is 366. The quantitative estimate of drug-likeness (QED) is 0.792. The average molecular weight is 284 g/mol. The van der Waals surface area contributed by atoms with E-state index in [9.17, 15) is 14.7 Å². The van der Waals surface area contributed by atoms with Crippen LogP contribution >= 0.6 is 0 Å². The van der Waals surface area contributed by atoms with Gasteiger partial charge in [0.2, 0.25) is 11.8 Å². The van der Waals surface area contributed by atoms with Crippen molar-refractivity contribution in [3.63, 3.8) is 0 Å². The Hall–Kier alpha value is -1.10. The molecule has 1 heterocycles. The standard InChI is InChI=1S/C15H28N2O3/c1-10(2)13(19)15(4,5)9-16-14(20)12-6-7-17(8-12)11(3)18/h10,12-13,19H,6-9H2,1-5H3,(H,16,20). The second kappa shape index (κ2) is 6.57. The van der Waals surface area contributed by atoms with Crippen LogP contribution in [0.5, 0.6) is 0 Å². The minimum atomic E-state index is -0.458. The van der Waals surface area contributed by atoms with Crippen molar-refractivity contribution in [1.82, 2.24) is 10.2 Å². The average Bonchev–Trinajstić information content (AvgIpc) is 2.84. The molecule has 1 saturated heterocycles. The zero-order valence-corrected chi connectivity index (χ0v) is 13.3. The van der Waals surface area contributed by atoms with Crippen molar-refractivity contribution in [1.29, 1.82) is 0 Å². The molecule has 0 spiro atoms. The highest BCUT2D eigenvalue weighted by Crippen LogP contribution is 2.25. The van der Waals surface area contributed by atoms with Crippen LogP contribution in [-0.2, 0) is 9.59 Å². The van der Waals surface area contributed by atoms with Gasteiger partial charge in [0.05, 0.1) is 12.0 Å². The van der Waals surface area contributed by atoms with Gasteiger partial charge in [0.25, 0.3) is 0 Å². The molecule has 0 radical (unpaired) electrons. The maximum Gasteiger partial charge on any atom is 0.224 e. The molecule has 1 rings (SSSR count). The lowest BCUT2D eigenvalue weighted by Gasteiger charge is -2.33. The summed E-state index contributed by atoms with van der Waals surface area (Å²) in [6, 6.07) is 0. The van der Waals surface area contributed by atoms with Gasteiger partial charge in [-0.15, -0.1) is 0 Å². The minimum absolute atomic E-state index is 0.0159. The van der Waals surface area contributed by atoms with Crippen LogP contribution in [0.3, 0.4) is 0 Å². The molecule has 1 aliphatic heterocycles. The molecular formula is C15H28N2O3. The zero-order valence-electron chi connectivity index (χ0n) is 13.3. The predicted molar refractivity (Wildman–Crippen MR) is 78.0 cm³/mol. The van der Waals surface area contributed by atoms with E-state index in [1.54, 1.807) is 4.90 Å². The normalized spacial score (nSPS) is 21.1. The lowest BCUT2D eigenvalue weighted by Crippen LogP contribution is -2.45. The summed E-state index contributed by atoms with van der Waals surface area (Å²) in [5.41, 5.74) is -0.358. The van der Waals surface area contributed by atoms with Gasteiger partial charge in [0.1, 0.15) is 0 Å². The summed E-state index contributed by atoms with van der Waals surface area (Å²) in [6.45, 7) is 11.0. The van der Waals surface area contributed by atoms with E-state index in [0.717, 1.165) is 6.42 Å². The van der Waals surface area contributed by atoms with Crippen LogP contribution in [0.4, 0.5) is 0 Å². The van der Waals surface area contributed by atoms with Crippen molar-refractivity contribution < 1.29 is 14.7 Å². The number of aliphatic hydroxyl groups is 1. The molecule has 0 aromatic rings. The molecule has 0 saturated carbocycles. The Labute approximate surface area is 121 Å². The second-order valence-electron chi connectivity index (χ2n) is 6.85. The van der Waals surface area contributed by atoms with Gasteiger partial charge in [0, 0.05) is 32.0 Å². The molecule has 5 nitrogen and oxygen atoms in total. The molecule has 0 aliphatic carbocycles. The van der Waals surface area contributed by atoms with Gasteiger partial charge in [-0.25, -0.2) is 0 Å². The summed E-state index contributed by atoms with van der Waals surface area (Å²) in [6.07, 6.45) is 0.263. The number of carbonyl (C=O) groups is 2. The topological polar surface area (TPSA) is 69.6 Å². The third-order valence-corrected chi connectivity index (χ3v) is 4.15. The van der Waals surface area contributed by atoms with E-state index in [1.807, 2.05) is 27.7 Å². The molecule has 20 heavy (non-hydrogen) atoms. The fourth-order valence-corrected chi connectivity index (χ4v) is 2.73. The minimum Gasteiger partial charge on any atom is -0.392 e. The molecule has 2 N–H and O–H groups in total. The van der Waals surface area contributed by atoms with Gasteiger partial charge in [-0.3, -0.25) is 9.59 Å². The first-order valence-corrected chi connectivity index (χ1v) is 7.36. The molecule has 2 atom stereocenters. The highest BCUT2D eigenvalue weighted by molar-refractivity contribution is 5.81. The number of nitrogens with zero attached hydrogens (tertiary/aromatic N) is 1. The summed E-state index contributed by atoms with van der Waals surface area (Å²) in [7, 11) is 0. The lowest BCUT2D eigenvalue weighted by atomic mass is 9.80. The van der Waals surface area contributed by atoms with Gasteiger partial charge in [-0.2, -0.15) is 0 Å². The van der Waals surface area contributed by atoms with Gasteiger partial charge in [-0.05, 0) is 12.3 Å². The Balaban J connectivity index is 2.46. The van der Waals surface area contributed by atoms with E-state index in [4.69, 9.17) is 0 Å². The highest BCUT2D eigenvalue weighted by atomic mass is 16.3. The van der Waals surface area contributed by atoms with Crippen molar-refractivity contribution in [3.8, 4) is 0 Å². The van der Waals surface area contributed by atoms with Crippen molar-refractivity contribution in [2.45, 2.75) is 47.1 Å². The number of likely N-dealkylation sites (tertiary alicyclic amines) is 1. The smallest absolute Gasteiger partial charge is 0.224 e. The molecule has 0 aromatic heterocycles. The summed E-state index contributed by atoms with van der Waals surface area (Å²) < 4.78 is 0. The number of hydrogen-bond acceptors (Lipinski definition) is 3. The SMILES string of the molecule is CC(=O)N1CCC(C(=O)NCC(C)(C)C(O)C(C)C)C1. The van der Waals surface area contributed by atoms with E-state index in [2.05, 4.69) is 5.32 Å². The van der Waals surface area contributed by atoms with E-state index in [1.165, 1.54) is 6.92 Å². The molecule has 0 aromatic carbocycles. The first kappa shape index (κ1) is 17.0. The van der Waals surface area contributed by atoms with Crippen LogP contribution in [0.15, 0.2) is 0 Å². The number of amides is 2. The molecule has 2 amide bonds. The maximum absolute atomic E-state index is 12.1. The summed E-state index contributed by atoms with van der Waals surface area (Å²) in [5.74, 6) is 0.0427. The summed E-state index contributed by atoms with van der Waals surface area (Å²) >= 11 is 0. The van der Waals surface area contributed by atoms with Crippen LogP contribution < -0.4 is 5.32 Å². The third-order valence-electron chi connectivity index (χ3n) is 4.15. The Morgan fingerprint density at radius 3 is 2.45 bits per heavy atom. The highest BCUT2D eigenvalue weighted by Gasteiger charge is 2.33. The largest absolute Gasteiger partial charge is 0.392 e. The van der Waals surface area contributed by atoms with Gasteiger partial charge in [-0.1, -0.05) is 27.7 Å².